The van der Waals surface area contributed by atoms with Crippen LogP contribution in [0.25, 0.3) is 17.2 Å². The van der Waals surface area contributed by atoms with Crippen molar-refractivity contribution in [1.29, 1.82) is 0 Å². The molecule has 0 atom stereocenters. The fraction of sp³-hybridized carbons (Fsp3) is 0.143. The average molecular weight is 282 g/mol. The molecule has 0 saturated heterocycles. The molecule has 7 nitrogen and oxygen atoms in total. The van der Waals surface area contributed by atoms with E-state index in [9.17, 15) is 0 Å². The highest BCUT2D eigenvalue weighted by molar-refractivity contribution is 5.58. The van der Waals surface area contributed by atoms with Gasteiger partial charge in [-0.3, -0.25) is 0 Å². The van der Waals surface area contributed by atoms with E-state index in [0.717, 1.165) is 5.56 Å². The fourth-order valence-corrected chi connectivity index (χ4v) is 1.89. The lowest BCUT2D eigenvalue weighted by Crippen LogP contribution is -2.03. The normalized spacial score (nSPS) is 10.6. The summed E-state index contributed by atoms with van der Waals surface area (Å²) in [6, 6.07) is 9.08. The maximum atomic E-state index is 5.67. The van der Waals surface area contributed by atoms with Crippen LogP contribution in [0.2, 0.25) is 0 Å². The van der Waals surface area contributed by atoms with Crippen LogP contribution in [0.5, 0.6) is 5.88 Å². The van der Waals surface area contributed by atoms with Gasteiger partial charge in [0.1, 0.15) is 12.2 Å². The Morgan fingerprint density at radius 3 is 2.62 bits per heavy atom. The first kappa shape index (κ1) is 13.0. The molecule has 106 valence electrons. The van der Waals surface area contributed by atoms with E-state index in [1.807, 2.05) is 24.3 Å². The molecule has 0 amide bonds. The van der Waals surface area contributed by atoms with Crippen LogP contribution in [0.15, 0.2) is 36.7 Å². The van der Waals surface area contributed by atoms with E-state index in [1.165, 1.54) is 0 Å². The summed E-state index contributed by atoms with van der Waals surface area (Å²) >= 11 is 0. The Hall–Kier alpha value is -2.96. The van der Waals surface area contributed by atoms with E-state index in [1.54, 1.807) is 31.1 Å². The molecule has 0 unspecified atom stereocenters. The van der Waals surface area contributed by atoms with Crippen molar-refractivity contribution in [3.8, 4) is 23.1 Å². The lowest BCUT2D eigenvalue weighted by molar-refractivity contribution is 0.395. The van der Waals surface area contributed by atoms with Gasteiger partial charge in [-0.25, -0.2) is 14.6 Å². The maximum Gasteiger partial charge on any atom is 0.218 e. The van der Waals surface area contributed by atoms with Gasteiger partial charge in [0.15, 0.2) is 11.6 Å². The molecule has 21 heavy (non-hydrogen) atoms. The SMILES string of the molecule is COc1cc(-n2cnc(-c3ccc(N)cc3)n2)nc(C)n1. The van der Waals surface area contributed by atoms with E-state index in [4.69, 9.17) is 10.5 Å². The minimum absolute atomic E-state index is 0.488. The van der Waals surface area contributed by atoms with Crippen LogP contribution in [-0.4, -0.2) is 31.8 Å². The Bertz CT molecular complexity index is 765. The number of aryl methyl sites for hydroxylation is 1. The number of nitrogen functional groups attached to an aromatic ring is 1. The van der Waals surface area contributed by atoms with Gasteiger partial charge in [-0.2, -0.15) is 4.98 Å². The number of nitrogens with zero attached hydrogens (tertiary/aromatic N) is 5. The number of methoxy groups -OCH3 is 1. The second kappa shape index (κ2) is 5.20. The molecular formula is C14H14N6O. The molecule has 0 aliphatic heterocycles. The number of ether oxygens (including phenoxy) is 1. The number of benzene rings is 1. The van der Waals surface area contributed by atoms with Gasteiger partial charge in [-0.05, 0) is 31.2 Å². The highest BCUT2D eigenvalue weighted by Crippen LogP contribution is 2.18. The molecule has 0 radical (unpaired) electrons. The number of anilines is 1. The van der Waals surface area contributed by atoms with Crippen LogP contribution in [-0.2, 0) is 0 Å². The third kappa shape index (κ3) is 2.66. The summed E-state index contributed by atoms with van der Waals surface area (Å²) in [5.74, 6) is 2.30. The first-order valence-corrected chi connectivity index (χ1v) is 6.33. The molecule has 0 spiro atoms. The standard InChI is InChI=1S/C14H14N6O/c1-9-17-12(7-13(18-9)21-2)20-8-16-14(19-20)10-3-5-11(15)6-4-10/h3-8H,15H2,1-2H3. The van der Waals surface area contributed by atoms with E-state index in [2.05, 4.69) is 20.1 Å². The summed E-state index contributed by atoms with van der Waals surface area (Å²) < 4.78 is 6.72. The lowest BCUT2D eigenvalue weighted by atomic mass is 10.2. The van der Waals surface area contributed by atoms with Crippen molar-refractivity contribution in [2.24, 2.45) is 0 Å². The molecule has 7 heteroatoms. The topological polar surface area (TPSA) is 91.7 Å². The Morgan fingerprint density at radius 1 is 1.14 bits per heavy atom. The average Bonchev–Trinajstić information content (AvgIpc) is 2.97. The van der Waals surface area contributed by atoms with Crippen molar-refractivity contribution < 1.29 is 4.74 Å². The van der Waals surface area contributed by atoms with Gasteiger partial charge in [-0.1, -0.05) is 0 Å². The molecule has 2 N–H and O–H groups in total. The minimum Gasteiger partial charge on any atom is -0.481 e. The predicted molar refractivity (Wildman–Crippen MR) is 78.1 cm³/mol. The van der Waals surface area contributed by atoms with Crippen molar-refractivity contribution in [3.05, 3.63) is 42.5 Å². The smallest absolute Gasteiger partial charge is 0.218 e. The molecule has 0 aliphatic rings. The number of rotatable bonds is 3. The summed E-state index contributed by atoms with van der Waals surface area (Å²) in [7, 11) is 1.56. The van der Waals surface area contributed by atoms with Crippen LogP contribution in [0.3, 0.4) is 0 Å². The highest BCUT2D eigenvalue weighted by Gasteiger charge is 2.08. The van der Waals surface area contributed by atoms with Crippen molar-refractivity contribution >= 4 is 5.69 Å². The summed E-state index contributed by atoms with van der Waals surface area (Å²) in [5, 5.41) is 4.42. The monoisotopic (exact) mass is 282 g/mol. The van der Waals surface area contributed by atoms with Crippen LogP contribution in [0.4, 0.5) is 5.69 Å². The molecule has 0 bridgehead atoms. The van der Waals surface area contributed by atoms with Crippen molar-refractivity contribution in [1.82, 2.24) is 24.7 Å². The van der Waals surface area contributed by atoms with Gasteiger partial charge in [0.25, 0.3) is 0 Å². The number of aromatic nitrogens is 5. The van der Waals surface area contributed by atoms with Gasteiger partial charge in [0.2, 0.25) is 5.88 Å². The first-order chi connectivity index (χ1) is 10.2. The minimum atomic E-state index is 0.488. The largest absolute Gasteiger partial charge is 0.481 e. The van der Waals surface area contributed by atoms with Gasteiger partial charge >= 0.3 is 0 Å². The summed E-state index contributed by atoms with van der Waals surface area (Å²) in [6.07, 6.45) is 1.60. The highest BCUT2D eigenvalue weighted by atomic mass is 16.5. The van der Waals surface area contributed by atoms with Crippen molar-refractivity contribution in [3.63, 3.8) is 0 Å². The Balaban J connectivity index is 1.98. The van der Waals surface area contributed by atoms with Crippen molar-refractivity contribution in [2.75, 3.05) is 12.8 Å². The summed E-state index contributed by atoms with van der Waals surface area (Å²) in [6.45, 7) is 1.80. The molecule has 2 heterocycles. The summed E-state index contributed by atoms with van der Waals surface area (Å²) in [5.41, 5.74) is 7.27. The van der Waals surface area contributed by atoms with Gasteiger partial charge in [-0.15, -0.1) is 5.10 Å². The van der Waals surface area contributed by atoms with Gasteiger partial charge < -0.3 is 10.5 Å². The number of hydrogen-bond acceptors (Lipinski definition) is 6. The summed E-state index contributed by atoms with van der Waals surface area (Å²) in [4.78, 5) is 12.8. The second-order valence-corrected chi connectivity index (χ2v) is 4.45. The van der Waals surface area contributed by atoms with Crippen LogP contribution in [0.1, 0.15) is 5.82 Å². The maximum absolute atomic E-state index is 5.67. The first-order valence-electron chi connectivity index (χ1n) is 6.33. The molecule has 0 saturated carbocycles. The zero-order chi connectivity index (χ0) is 14.8. The van der Waals surface area contributed by atoms with Gasteiger partial charge in [0, 0.05) is 17.3 Å². The predicted octanol–water partition coefficient (Wildman–Crippen LogP) is 1.62. The Labute approximate surface area is 121 Å². The quantitative estimate of drug-likeness (QED) is 0.734. The third-order valence-electron chi connectivity index (χ3n) is 2.91. The van der Waals surface area contributed by atoms with E-state index in [-0.39, 0.29) is 0 Å². The third-order valence-corrected chi connectivity index (χ3v) is 2.91. The second-order valence-electron chi connectivity index (χ2n) is 4.45. The fourth-order valence-electron chi connectivity index (χ4n) is 1.89. The molecular weight excluding hydrogens is 268 g/mol. The Morgan fingerprint density at radius 2 is 1.90 bits per heavy atom. The molecule has 0 fully saturated rings. The van der Waals surface area contributed by atoms with Crippen LogP contribution >= 0.6 is 0 Å². The zero-order valence-corrected chi connectivity index (χ0v) is 11.7. The van der Waals surface area contributed by atoms with Crippen LogP contribution in [0, 0.1) is 6.92 Å². The number of nitrogens with two attached hydrogens (primary N) is 1. The molecule has 2 aromatic heterocycles. The van der Waals surface area contributed by atoms with E-state index >= 15 is 0 Å². The van der Waals surface area contributed by atoms with Crippen molar-refractivity contribution in [2.45, 2.75) is 6.92 Å². The molecule has 1 aromatic carbocycles. The van der Waals surface area contributed by atoms with E-state index < -0.39 is 0 Å². The van der Waals surface area contributed by atoms with E-state index in [0.29, 0.717) is 29.0 Å². The molecule has 3 rings (SSSR count). The van der Waals surface area contributed by atoms with Gasteiger partial charge in [0.05, 0.1) is 7.11 Å². The molecule has 0 aliphatic carbocycles. The lowest BCUT2D eigenvalue weighted by Gasteiger charge is -2.04. The molecule has 3 aromatic rings. The zero-order valence-electron chi connectivity index (χ0n) is 11.7. The Kier molecular flexibility index (Phi) is 3.23. The number of hydrogen-bond donors (Lipinski definition) is 1. The van der Waals surface area contributed by atoms with Crippen LogP contribution < -0.4 is 10.5 Å².